The average molecular weight is 336 g/mol. The smallest absolute Gasteiger partial charge is 0.0175 e. The van der Waals surface area contributed by atoms with Crippen molar-refractivity contribution in [2.75, 3.05) is 13.6 Å². The first-order valence-corrected chi connectivity index (χ1v) is 8.88. The number of rotatable bonds is 3. The predicted octanol–water partition coefficient (Wildman–Crippen LogP) is 5.04. The third-order valence-electron chi connectivity index (χ3n) is 5.56. The van der Waals surface area contributed by atoms with Crippen LogP contribution in [0, 0.1) is 5.41 Å². The van der Waals surface area contributed by atoms with Gasteiger partial charge in [-0.1, -0.05) is 53.7 Å². The second-order valence-corrected chi connectivity index (χ2v) is 8.00. The van der Waals surface area contributed by atoms with Gasteiger partial charge in [0, 0.05) is 16.4 Å². The molecule has 1 nitrogen and oxygen atoms in total. The van der Waals surface area contributed by atoms with E-state index >= 15 is 0 Å². The maximum absolute atomic E-state index is 3.56. The molecule has 20 heavy (non-hydrogen) atoms. The number of benzene rings is 1. The van der Waals surface area contributed by atoms with Crippen molar-refractivity contribution in [1.29, 1.82) is 0 Å². The van der Waals surface area contributed by atoms with Crippen LogP contribution in [0.2, 0.25) is 0 Å². The Bertz CT molecular complexity index is 435. The first-order valence-electron chi connectivity index (χ1n) is 8.09. The van der Waals surface area contributed by atoms with Gasteiger partial charge in [-0.3, -0.25) is 0 Å². The van der Waals surface area contributed by atoms with E-state index in [9.17, 15) is 0 Å². The lowest BCUT2D eigenvalue weighted by molar-refractivity contribution is 0.00720. The summed E-state index contributed by atoms with van der Waals surface area (Å²) < 4.78 is 1.18. The molecular weight excluding hydrogens is 310 g/mol. The summed E-state index contributed by atoms with van der Waals surface area (Å²) >= 11 is 3.56. The fraction of sp³-hybridized carbons (Fsp3) is 0.667. The van der Waals surface area contributed by atoms with Crippen LogP contribution >= 0.6 is 15.9 Å². The third kappa shape index (κ3) is 2.69. The van der Waals surface area contributed by atoms with Crippen molar-refractivity contribution in [2.24, 2.45) is 5.41 Å². The Kier molecular flexibility index (Phi) is 4.24. The lowest BCUT2D eigenvalue weighted by Crippen LogP contribution is -2.54. The molecule has 0 saturated heterocycles. The van der Waals surface area contributed by atoms with Crippen LogP contribution < -0.4 is 5.32 Å². The molecule has 110 valence electrons. The van der Waals surface area contributed by atoms with Gasteiger partial charge in [0.2, 0.25) is 0 Å². The molecule has 2 aliphatic carbocycles. The van der Waals surface area contributed by atoms with Crippen molar-refractivity contribution in [1.82, 2.24) is 5.32 Å². The highest BCUT2D eigenvalue weighted by Gasteiger charge is 2.53. The standard InChI is InChI=1S/C18H26BrN/c1-20-14-18(15-6-8-16(19)9-7-15)12-17(13-18)10-4-2-3-5-11-17/h6-9,20H,2-5,10-14H2,1H3. The molecule has 0 bridgehead atoms. The van der Waals surface area contributed by atoms with Gasteiger partial charge in [0.1, 0.15) is 0 Å². The van der Waals surface area contributed by atoms with Crippen LogP contribution in [0.5, 0.6) is 0 Å². The molecule has 0 amide bonds. The van der Waals surface area contributed by atoms with Gasteiger partial charge in [-0.2, -0.15) is 0 Å². The zero-order valence-corrected chi connectivity index (χ0v) is 14.1. The largest absolute Gasteiger partial charge is 0.319 e. The minimum atomic E-state index is 0.389. The molecule has 0 atom stereocenters. The summed E-state index contributed by atoms with van der Waals surface area (Å²) in [6.45, 7) is 1.12. The molecule has 2 fully saturated rings. The Morgan fingerprint density at radius 3 is 2.15 bits per heavy atom. The molecule has 2 saturated carbocycles. The minimum absolute atomic E-state index is 0.389. The first kappa shape index (κ1) is 14.6. The molecule has 2 heteroatoms. The predicted molar refractivity (Wildman–Crippen MR) is 89.1 cm³/mol. The summed E-state index contributed by atoms with van der Waals surface area (Å²) in [5.41, 5.74) is 2.59. The summed E-state index contributed by atoms with van der Waals surface area (Å²) in [5, 5.41) is 3.45. The zero-order chi connectivity index (χ0) is 14.1. The van der Waals surface area contributed by atoms with Gasteiger partial charge in [0.15, 0.2) is 0 Å². The highest BCUT2D eigenvalue weighted by atomic mass is 79.9. The van der Waals surface area contributed by atoms with Gasteiger partial charge >= 0.3 is 0 Å². The SMILES string of the molecule is CNCC1(c2ccc(Br)cc2)CC2(CCCCCC2)C1. The van der Waals surface area contributed by atoms with Crippen LogP contribution in [0.25, 0.3) is 0 Å². The lowest BCUT2D eigenvalue weighted by Gasteiger charge is -2.57. The Morgan fingerprint density at radius 2 is 1.60 bits per heavy atom. The molecule has 0 unspecified atom stereocenters. The van der Waals surface area contributed by atoms with Crippen molar-refractivity contribution in [3.8, 4) is 0 Å². The van der Waals surface area contributed by atoms with E-state index in [1.54, 1.807) is 0 Å². The minimum Gasteiger partial charge on any atom is -0.319 e. The Labute approximate surface area is 131 Å². The highest BCUT2D eigenvalue weighted by molar-refractivity contribution is 9.10. The van der Waals surface area contributed by atoms with Crippen LogP contribution in [0.1, 0.15) is 56.9 Å². The summed E-state index contributed by atoms with van der Waals surface area (Å²) in [7, 11) is 2.10. The highest BCUT2D eigenvalue weighted by Crippen LogP contribution is 2.61. The van der Waals surface area contributed by atoms with Gasteiger partial charge in [0.05, 0.1) is 0 Å². The Balaban J connectivity index is 1.79. The molecular formula is C18H26BrN. The Morgan fingerprint density at radius 1 is 1.00 bits per heavy atom. The molecule has 0 aromatic heterocycles. The van der Waals surface area contributed by atoms with Crippen LogP contribution in [-0.4, -0.2) is 13.6 Å². The van der Waals surface area contributed by atoms with Gasteiger partial charge in [-0.05, 0) is 55.8 Å². The number of nitrogens with one attached hydrogen (secondary N) is 1. The van der Waals surface area contributed by atoms with Crippen molar-refractivity contribution in [3.63, 3.8) is 0 Å². The Hall–Kier alpha value is -0.340. The van der Waals surface area contributed by atoms with Gasteiger partial charge < -0.3 is 5.32 Å². The van der Waals surface area contributed by atoms with Gasteiger partial charge in [-0.15, -0.1) is 0 Å². The molecule has 0 heterocycles. The van der Waals surface area contributed by atoms with Crippen molar-refractivity contribution < 1.29 is 0 Å². The number of hydrogen-bond donors (Lipinski definition) is 1. The molecule has 0 radical (unpaired) electrons. The van der Waals surface area contributed by atoms with Crippen LogP contribution in [0.4, 0.5) is 0 Å². The van der Waals surface area contributed by atoms with E-state index < -0.39 is 0 Å². The number of halogens is 1. The van der Waals surface area contributed by atoms with E-state index in [1.165, 1.54) is 61.4 Å². The van der Waals surface area contributed by atoms with E-state index in [-0.39, 0.29) is 0 Å². The van der Waals surface area contributed by atoms with Crippen molar-refractivity contribution in [3.05, 3.63) is 34.3 Å². The third-order valence-corrected chi connectivity index (χ3v) is 6.09. The number of hydrogen-bond acceptors (Lipinski definition) is 1. The van der Waals surface area contributed by atoms with Crippen LogP contribution in [-0.2, 0) is 5.41 Å². The first-order chi connectivity index (χ1) is 9.68. The maximum atomic E-state index is 3.56. The topological polar surface area (TPSA) is 12.0 Å². The maximum Gasteiger partial charge on any atom is 0.0175 e. The fourth-order valence-corrected chi connectivity index (χ4v) is 5.05. The summed E-state index contributed by atoms with van der Waals surface area (Å²) in [6, 6.07) is 9.05. The molecule has 0 aliphatic heterocycles. The van der Waals surface area contributed by atoms with Gasteiger partial charge in [0.25, 0.3) is 0 Å². The number of likely N-dealkylation sites (N-methyl/N-ethyl adjacent to an activating group) is 1. The van der Waals surface area contributed by atoms with Crippen molar-refractivity contribution in [2.45, 2.75) is 56.8 Å². The molecule has 1 spiro atoms. The van der Waals surface area contributed by atoms with E-state index in [1.807, 2.05) is 0 Å². The summed E-state index contributed by atoms with van der Waals surface area (Å²) in [5.74, 6) is 0. The van der Waals surface area contributed by atoms with E-state index in [4.69, 9.17) is 0 Å². The molecule has 1 aromatic rings. The molecule has 2 aliphatic rings. The second kappa shape index (κ2) is 5.81. The molecule has 1 aromatic carbocycles. The second-order valence-electron chi connectivity index (χ2n) is 7.09. The van der Waals surface area contributed by atoms with E-state index in [0.717, 1.165) is 6.54 Å². The average Bonchev–Trinajstić information content (AvgIpc) is 2.65. The summed E-state index contributed by atoms with van der Waals surface area (Å²) in [6.07, 6.45) is 11.5. The fourth-order valence-electron chi connectivity index (χ4n) is 4.79. The quantitative estimate of drug-likeness (QED) is 0.815. The monoisotopic (exact) mass is 335 g/mol. The normalized spacial score (nSPS) is 24.1. The van der Waals surface area contributed by atoms with Gasteiger partial charge in [-0.25, -0.2) is 0 Å². The van der Waals surface area contributed by atoms with Crippen LogP contribution in [0.15, 0.2) is 28.7 Å². The van der Waals surface area contributed by atoms with Crippen molar-refractivity contribution >= 4 is 15.9 Å². The molecule has 3 rings (SSSR count). The lowest BCUT2D eigenvalue weighted by atomic mass is 9.48. The van der Waals surface area contributed by atoms with E-state index in [0.29, 0.717) is 10.8 Å². The van der Waals surface area contributed by atoms with E-state index in [2.05, 4.69) is 52.6 Å². The zero-order valence-electron chi connectivity index (χ0n) is 12.6. The molecule has 1 N–H and O–H groups in total. The summed E-state index contributed by atoms with van der Waals surface area (Å²) in [4.78, 5) is 0. The van der Waals surface area contributed by atoms with Crippen LogP contribution in [0.3, 0.4) is 0 Å².